The largest absolute Gasteiger partial charge is 0.306 e. The van der Waals surface area contributed by atoms with Crippen LogP contribution >= 0.6 is 0 Å². The second kappa shape index (κ2) is 6.30. The van der Waals surface area contributed by atoms with E-state index in [4.69, 9.17) is 0 Å². The fourth-order valence-corrected chi connectivity index (χ4v) is 2.73. The lowest BCUT2D eigenvalue weighted by Gasteiger charge is -2.33. The van der Waals surface area contributed by atoms with Crippen molar-refractivity contribution in [3.05, 3.63) is 35.6 Å². The van der Waals surface area contributed by atoms with Crippen LogP contribution in [-0.2, 0) is 0 Å². The van der Waals surface area contributed by atoms with E-state index in [1.165, 1.54) is 24.9 Å². The number of nitrogens with one attached hydrogen (secondary N) is 1. The van der Waals surface area contributed by atoms with Crippen molar-refractivity contribution in [3.63, 3.8) is 0 Å². The third-order valence-corrected chi connectivity index (χ3v) is 3.74. The number of hydrogen-bond donors (Lipinski definition) is 1. The second-order valence-electron chi connectivity index (χ2n) is 5.28. The Morgan fingerprint density at radius 3 is 2.72 bits per heavy atom. The summed E-state index contributed by atoms with van der Waals surface area (Å²) in [5, 5.41) is 3.71. The quantitative estimate of drug-likeness (QED) is 0.884. The number of benzene rings is 1. The molecule has 0 aliphatic carbocycles. The van der Waals surface area contributed by atoms with Crippen LogP contribution < -0.4 is 5.32 Å². The van der Waals surface area contributed by atoms with Crippen molar-refractivity contribution in [2.45, 2.75) is 38.3 Å². The number of likely N-dealkylation sites (N-methyl/N-ethyl adjacent to an activating group) is 1. The van der Waals surface area contributed by atoms with Crippen molar-refractivity contribution < 1.29 is 4.39 Å². The third-order valence-electron chi connectivity index (χ3n) is 3.74. The van der Waals surface area contributed by atoms with Gasteiger partial charge in [-0.3, -0.25) is 0 Å². The summed E-state index contributed by atoms with van der Waals surface area (Å²) in [5.41, 5.74) is 1.19. The van der Waals surface area contributed by atoms with Crippen molar-refractivity contribution in [2.75, 3.05) is 20.1 Å². The first-order valence-corrected chi connectivity index (χ1v) is 6.89. The molecular weight excluding hydrogens is 227 g/mol. The molecule has 1 aliphatic heterocycles. The van der Waals surface area contributed by atoms with Crippen LogP contribution in [0.3, 0.4) is 0 Å². The zero-order chi connectivity index (χ0) is 13.0. The average Bonchev–Trinajstić information content (AvgIpc) is 2.37. The molecule has 2 rings (SSSR count). The maximum Gasteiger partial charge on any atom is 0.123 e. The highest BCUT2D eigenvalue weighted by Gasteiger charge is 2.20. The lowest BCUT2D eigenvalue weighted by molar-refractivity contribution is 0.215. The Kier molecular flexibility index (Phi) is 4.72. The maximum atomic E-state index is 12.9. The van der Waals surface area contributed by atoms with Gasteiger partial charge in [0.1, 0.15) is 5.82 Å². The number of hydrogen-bond acceptors (Lipinski definition) is 2. The van der Waals surface area contributed by atoms with E-state index in [9.17, 15) is 4.39 Å². The average molecular weight is 250 g/mol. The molecular formula is C15H23FN2. The fraction of sp³-hybridized carbons (Fsp3) is 0.600. The van der Waals surface area contributed by atoms with Gasteiger partial charge >= 0.3 is 0 Å². The van der Waals surface area contributed by atoms with E-state index in [0.29, 0.717) is 12.1 Å². The standard InChI is InChI=1S/C15H23FN2/c1-3-15(12-6-8-13(16)9-7-12)17-14-5-4-10-18(2)11-14/h6-9,14-15,17H,3-5,10-11H2,1-2H3. The summed E-state index contributed by atoms with van der Waals surface area (Å²) >= 11 is 0. The third kappa shape index (κ3) is 3.53. The molecule has 0 radical (unpaired) electrons. The molecule has 100 valence electrons. The highest BCUT2D eigenvalue weighted by Crippen LogP contribution is 2.20. The summed E-state index contributed by atoms with van der Waals surface area (Å²) in [7, 11) is 2.17. The summed E-state index contributed by atoms with van der Waals surface area (Å²) < 4.78 is 12.9. The van der Waals surface area contributed by atoms with Crippen LogP contribution in [0.25, 0.3) is 0 Å². The minimum Gasteiger partial charge on any atom is -0.306 e. The van der Waals surface area contributed by atoms with E-state index in [0.717, 1.165) is 13.0 Å². The highest BCUT2D eigenvalue weighted by molar-refractivity contribution is 5.20. The van der Waals surface area contributed by atoms with Gasteiger partial charge in [0.05, 0.1) is 0 Å². The molecule has 0 amide bonds. The molecule has 1 aromatic rings. The van der Waals surface area contributed by atoms with E-state index < -0.39 is 0 Å². The van der Waals surface area contributed by atoms with Gasteiger partial charge < -0.3 is 10.2 Å². The number of nitrogens with zero attached hydrogens (tertiary/aromatic N) is 1. The minimum absolute atomic E-state index is 0.161. The number of piperidine rings is 1. The Bertz CT molecular complexity index is 363. The molecule has 1 saturated heterocycles. The molecule has 2 unspecified atom stereocenters. The van der Waals surface area contributed by atoms with Gasteiger partial charge in [-0.05, 0) is 50.6 Å². The van der Waals surface area contributed by atoms with Gasteiger partial charge in [0.15, 0.2) is 0 Å². The molecule has 0 saturated carbocycles. The molecule has 0 spiro atoms. The molecule has 1 fully saturated rings. The Morgan fingerprint density at radius 2 is 2.11 bits per heavy atom. The van der Waals surface area contributed by atoms with E-state index in [-0.39, 0.29) is 5.82 Å². The molecule has 2 nitrogen and oxygen atoms in total. The van der Waals surface area contributed by atoms with E-state index in [1.807, 2.05) is 12.1 Å². The summed E-state index contributed by atoms with van der Waals surface area (Å²) in [6, 6.07) is 7.77. The Balaban J connectivity index is 1.98. The Labute approximate surface area is 109 Å². The normalized spacial score (nSPS) is 22.9. The van der Waals surface area contributed by atoms with Crippen LogP contribution in [0.4, 0.5) is 4.39 Å². The van der Waals surface area contributed by atoms with Crippen molar-refractivity contribution in [2.24, 2.45) is 0 Å². The van der Waals surface area contributed by atoms with Gasteiger partial charge in [-0.2, -0.15) is 0 Å². The lowest BCUT2D eigenvalue weighted by atomic mass is 10.00. The van der Waals surface area contributed by atoms with Gasteiger partial charge in [-0.15, -0.1) is 0 Å². The summed E-state index contributed by atoms with van der Waals surface area (Å²) in [4.78, 5) is 2.37. The number of halogens is 1. The molecule has 0 aromatic heterocycles. The van der Waals surface area contributed by atoms with Gasteiger partial charge in [0, 0.05) is 18.6 Å². The second-order valence-corrected chi connectivity index (χ2v) is 5.28. The molecule has 1 heterocycles. The SMILES string of the molecule is CCC(NC1CCCN(C)C1)c1ccc(F)cc1. The number of likely N-dealkylation sites (tertiary alicyclic amines) is 1. The van der Waals surface area contributed by atoms with Crippen LogP contribution in [0.5, 0.6) is 0 Å². The summed E-state index contributed by atoms with van der Waals surface area (Å²) in [5.74, 6) is -0.161. The molecule has 1 aromatic carbocycles. The topological polar surface area (TPSA) is 15.3 Å². The lowest BCUT2D eigenvalue weighted by Crippen LogP contribution is -2.45. The maximum absolute atomic E-state index is 12.9. The predicted molar refractivity (Wildman–Crippen MR) is 73.1 cm³/mol. The van der Waals surface area contributed by atoms with Crippen molar-refractivity contribution in [1.82, 2.24) is 10.2 Å². The molecule has 0 bridgehead atoms. The van der Waals surface area contributed by atoms with E-state index in [2.05, 4.69) is 24.2 Å². The smallest absolute Gasteiger partial charge is 0.123 e. The molecule has 2 atom stereocenters. The first-order chi connectivity index (χ1) is 8.69. The molecule has 18 heavy (non-hydrogen) atoms. The van der Waals surface area contributed by atoms with Crippen LogP contribution in [0.15, 0.2) is 24.3 Å². The minimum atomic E-state index is -0.161. The van der Waals surface area contributed by atoms with Crippen LogP contribution in [0.1, 0.15) is 37.8 Å². The van der Waals surface area contributed by atoms with E-state index >= 15 is 0 Å². The first-order valence-electron chi connectivity index (χ1n) is 6.89. The molecule has 1 aliphatic rings. The van der Waals surface area contributed by atoms with Crippen LogP contribution in [0.2, 0.25) is 0 Å². The molecule has 3 heteroatoms. The molecule has 1 N–H and O–H groups in total. The van der Waals surface area contributed by atoms with Crippen LogP contribution in [0, 0.1) is 5.82 Å². The Morgan fingerprint density at radius 1 is 1.39 bits per heavy atom. The van der Waals surface area contributed by atoms with Crippen molar-refractivity contribution in [3.8, 4) is 0 Å². The number of rotatable bonds is 4. The van der Waals surface area contributed by atoms with Crippen LogP contribution in [-0.4, -0.2) is 31.1 Å². The highest BCUT2D eigenvalue weighted by atomic mass is 19.1. The monoisotopic (exact) mass is 250 g/mol. The van der Waals surface area contributed by atoms with Gasteiger partial charge in [-0.25, -0.2) is 4.39 Å². The van der Waals surface area contributed by atoms with Gasteiger partial charge in [0.25, 0.3) is 0 Å². The van der Waals surface area contributed by atoms with Gasteiger partial charge in [-0.1, -0.05) is 19.1 Å². The fourth-order valence-electron chi connectivity index (χ4n) is 2.73. The predicted octanol–water partition coefficient (Wildman–Crippen LogP) is 2.96. The summed E-state index contributed by atoms with van der Waals surface area (Å²) in [6.45, 7) is 4.48. The Hall–Kier alpha value is -0.930. The zero-order valence-corrected chi connectivity index (χ0v) is 11.3. The zero-order valence-electron chi connectivity index (χ0n) is 11.3. The summed E-state index contributed by atoms with van der Waals surface area (Å²) in [6.07, 6.45) is 3.53. The van der Waals surface area contributed by atoms with Crippen molar-refractivity contribution >= 4 is 0 Å². The van der Waals surface area contributed by atoms with E-state index in [1.54, 1.807) is 12.1 Å². The first kappa shape index (κ1) is 13.5. The van der Waals surface area contributed by atoms with Gasteiger partial charge in [0.2, 0.25) is 0 Å². The van der Waals surface area contributed by atoms with Crippen molar-refractivity contribution in [1.29, 1.82) is 0 Å².